The summed E-state index contributed by atoms with van der Waals surface area (Å²) in [5.74, 6) is 1.23. The van der Waals surface area contributed by atoms with Gasteiger partial charge < -0.3 is 4.90 Å². The summed E-state index contributed by atoms with van der Waals surface area (Å²) in [5, 5.41) is 0. The van der Waals surface area contributed by atoms with Crippen molar-refractivity contribution < 1.29 is 0 Å². The van der Waals surface area contributed by atoms with E-state index in [9.17, 15) is 0 Å². The lowest BCUT2D eigenvalue weighted by atomic mass is 10.0. The van der Waals surface area contributed by atoms with Crippen molar-refractivity contribution in [2.75, 3.05) is 32.4 Å². The standard InChI is InChI=1S/C20H24N2S/c1-21(19-10-13-23-20-9-5-4-8-18(19)20)11-12-22-14-16-6-2-3-7-17(16)15-22/h2-6,8-9,15,19H,7,10-14H2,1H3/t19-/m0/s1. The van der Waals surface area contributed by atoms with Crippen LogP contribution < -0.4 is 0 Å². The lowest BCUT2D eigenvalue weighted by Gasteiger charge is -2.33. The van der Waals surface area contributed by atoms with Gasteiger partial charge in [0.05, 0.1) is 0 Å². The fourth-order valence-electron chi connectivity index (χ4n) is 3.76. The van der Waals surface area contributed by atoms with Crippen LogP contribution in [-0.2, 0) is 0 Å². The zero-order chi connectivity index (χ0) is 15.6. The Labute approximate surface area is 143 Å². The lowest BCUT2D eigenvalue weighted by molar-refractivity contribution is 0.214. The van der Waals surface area contributed by atoms with Gasteiger partial charge in [0.15, 0.2) is 0 Å². The van der Waals surface area contributed by atoms with Gasteiger partial charge in [-0.3, -0.25) is 4.90 Å². The average Bonchev–Trinajstić information content (AvgIpc) is 3.02. The average molecular weight is 324 g/mol. The molecule has 1 aromatic carbocycles. The molecule has 3 heteroatoms. The SMILES string of the molecule is CN(CCN1C=C2CC=CC=C2C1)[C@H]1CCSc2ccccc21. The van der Waals surface area contributed by atoms with E-state index in [1.807, 2.05) is 11.8 Å². The minimum absolute atomic E-state index is 0.575. The minimum atomic E-state index is 0.575. The molecule has 0 fully saturated rings. The van der Waals surface area contributed by atoms with Crippen molar-refractivity contribution in [2.45, 2.75) is 23.8 Å². The van der Waals surface area contributed by atoms with Crippen LogP contribution in [0.25, 0.3) is 0 Å². The third-order valence-corrected chi connectivity index (χ3v) is 6.22. The maximum absolute atomic E-state index is 2.55. The first kappa shape index (κ1) is 15.1. The highest BCUT2D eigenvalue weighted by molar-refractivity contribution is 7.99. The fourth-order valence-corrected chi connectivity index (χ4v) is 4.87. The third kappa shape index (κ3) is 3.13. The first-order valence-electron chi connectivity index (χ1n) is 8.54. The van der Waals surface area contributed by atoms with Crippen molar-refractivity contribution in [3.8, 4) is 0 Å². The van der Waals surface area contributed by atoms with Gasteiger partial charge in [-0.25, -0.2) is 0 Å². The number of thioether (sulfide) groups is 1. The monoisotopic (exact) mass is 324 g/mol. The number of hydrogen-bond donors (Lipinski definition) is 0. The van der Waals surface area contributed by atoms with E-state index in [2.05, 4.69) is 65.5 Å². The zero-order valence-corrected chi connectivity index (χ0v) is 14.6. The lowest BCUT2D eigenvalue weighted by Crippen LogP contribution is -2.33. The summed E-state index contributed by atoms with van der Waals surface area (Å²) in [6, 6.07) is 9.50. The van der Waals surface area contributed by atoms with Gasteiger partial charge in [0.25, 0.3) is 0 Å². The smallest absolute Gasteiger partial charge is 0.0428 e. The second kappa shape index (κ2) is 6.58. The molecule has 23 heavy (non-hydrogen) atoms. The Bertz CT molecular complexity index is 674. The van der Waals surface area contributed by atoms with E-state index in [0.29, 0.717) is 6.04 Å². The van der Waals surface area contributed by atoms with Crippen molar-refractivity contribution in [3.05, 3.63) is 65.4 Å². The first-order valence-corrected chi connectivity index (χ1v) is 9.52. The van der Waals surface area contributed by atoms with E-state index in [-0.39, 0.29) is 0 Å². The Morgan fingerprint density at radius 1 is 1.26 bits per heavy atom. The van der Waals surface area contributed by atoms with E-state index >= 15 is 0 Å². The van der Waals surface area contributed by atoms with E-state index in [4.69, 9.17) is 0 Å². The van der Waals surface area contributed by atoms with Crippen LogP contribution in [0.15, 0.2) is 64.7 Å². The molecule has 2 nitrogen and oxygen atoms in total. The van der Waals surface area contributed by atoms with Crippen LogP contribution in [0.3, 0.4) is 0 Å². The number of rotatable bonds is 4. The first-order chi connectivity index (χ1) is 11.3. The predicted molar refractivity (Wildman–Crippen MR) is 98.7 cm³/mol. The van der Waals surface area contributed by atoms with Gasteiger partial charge in [0.2, 0.25) is 0 Å². The maximum atomic E-state index is 2.55. The van der Waals surface area contributed by atoms with Gasteiger partial charge in [0.1, 0.15) is 0 Å². The molecule has 0 saturated carbocycles. The number of nitrogens with zero attached hydrogens (tertiary/aromatic N) is 2. The Morgan fingerprint density at radius 3 is 3.09 bits per heavy atom. The van der Waals surface area contributed by atoms with Crippen LogP contribution in [0.5, 0.6) is 0 Å². The number of hydrogen-bond acceptors (Lipinski definition) is 3. The topological polar surface area (TPSA) is 6.48 Å². The van der Waals surface area contributed by atoms with E-state index in [0.717, 1.165) is 26.1 Å². The molecule has 2 heterocycles. The molecular formula is C20H24N2S. The molecule has 3 aliphatic rings. The molecule has 0 radical (unpaired) electrons. The molecule has 120 valence electrons. The van der Waals surface area contributed by atoms with Crippen LogP contribution in [0, 0.1) is 0 Å². The van der Waals surface area contributed by atoms with Gasteiger partial charge in [-0.15, -0.1) is 11.8 Å². The quantitative estimate of drug-likeness (QED) is 0.818. The van der Waals surface area contributed by atoms with Crippen molar-refractivity contribution in [1.29, 1.82) is 0 Å². The van der Waals surface area contributed by atoms with E-state index in [1.165, 1.54) is 33.8 Å². The molecule has 0 N–H and O–H groups in total. The molecule has 2 aliphatic heterocycles. The van der Waals surface area contributed by atoms with Crippen LogP contribution in [0.2, 0.25) is 0 Å². The van der Waals surface area contributed by atoms with Crippen LogP contribution >= 0.6 is 11.8 Å². The predicted octanol–water partition coefficient (Wildman–Crippen LogP) is 4.24. The van der Waals surface area contributed by atoms with Crippen molar-refractivity contribution in [2.24, 2.45) is 0 Å². The molecule has 0 unspecified atom stereocenters. The van der Waals surface area contributed by atoms with Crippen molar-refractivity contribution >= 4 is 11.8 Å². The Kier molecular flexibility index (Phi) is 4.32. The van der Waals surface area contributed by atoms with Crippen molar-refractivity contribution in [1.82, 2.24) is 9.80 Å². The zero-order valence-electron chi connectivity index (χ0n) is 13.7. The molecule has 1 aromatic rings. The van der Waals surface area contributed by atoms with Crippen LogP contribution in [0.4, 0.5) is 0 Å². The molecule has 0 spiro atoms. The highest BCUT2D eigenvalue weighted by Crippen LogP contribution is 2.38. The van der Waals surface area contributed by atoms with Gasteiger partial charge in [-0.1, -0.05) is 36.4 Å². The van der Waals surface area contributed by atoms with Crippen LogP contribution in [-0.4, -0.2) is 42.2 Å². The van der Waals surface area contributed by atoms with E-state index < -0.39 is 0 Å². The molecule has 1 aliphatic carbocycles. The van der Waals surface area contributed by atoms with Gasteiger partial charge in [0, 0.05) is 36.8 Å². The van der Waals surface area contributed by atoms with Gasteiger partial charge in [-0.2, -0.15) is 0 Å². The van der Waals surface area contributed by atoms with Gasteiger partial charge >= 0.3 is 0 Å². The molecular weight excluding hydrogens is 300 g/mol. The van der Waals surface area contributed by atoms with E-state index in [1.54, 1.807) is 0 Å². The minimum Gasteiger partial charge on any atom is -0.372 e. The largest absolute Gasteiger partial charge is 0.372 e. The Morgan fingerprint density at radius 2 is 2.17 bits per heavy atom. The number of likely N-dealkylation sites (N-methyl/N-ethyl adjacent to an activating group) is 1. The molecule has 0 amide bonds. The summed E-state index contributed by atoms with van der Waals surface area (Å²) < 4.78 is 0. The number of benzene rings is 1. The molecule has 4 rings (SSSR count). The summed E-state index contributed by atoms with van der Waals surface area (Å²) in [6.45, 7) is 3.32. The Balaban J connectivity index is 1.38. The number of allylic oxidation sites excluding steroid dienone is 3. The highest BCUT2D eigenvalue weighted by atomic mass is 32.2. The number of fused-ring (bicyclic) bond motifs is 2. The summed E-state index contributed by atoms with van der Waals surface area (Å²) in [4.78, 5) is 6.50. The summed E-state index contributed by atoms with van der Waals surface area (Å²) >= 11 is 2.01. The summed E-state index contributed by atoms with van der Waals surface area (Å²) in [7, 11) is 2.29. The maximum Gasteiger partial charge on any atom is 0.0428 e. The third-order valence-electron chi connectivity index (χ3n) is 5.09. The normalized spacial score (nSPS) is 22.7. The second-order valence-corrected chi connectivity index (χ2v) is 7.76. The molecule has 1 atom stereocenters. The molecule has 0 bridgehead atoms. The van der Waals surface area contributed by atoms with Crippen molar-refractivity contribution in [3.63, 3.8) is 0 Å². The molecule has 0 aromatic heterocycles. The van der Waals surface area contributed by atoms with Gasteiger partial charge in [-0.05, 0) is 48.4 Å². The van der Waals surface area contributed by atoms with Crippen LogP contribution in [0.1, 0.15) is 24.4 Å². The summed E-state index contributed by atoms with van der Waals surface area (Å²) in [6.07, 6.45) is 11.4. The highest BCUT2D eigenvalue weighted by Gasteiger charge is 2.25. The Hall–Kier alpha value is -1.45. The fraction of sp³-hybridized carbons (Fsp3) is 0.400. The second-order valence-electron chi connectivity index (χ2n) is 6.62. The summed E-state index contributed by atoms with van der Waals surface area (Å²) in [5.41, 5.74) is 4.54. The molecule has 0 saturated heterocycles.